The van der Waals surface area contributed by atoms with Crippen LogP contribution >= 0.6 is 0 Å². The number of aromatic nitrogens is 1. The zero-order valence-electron chi connectivity index (χ0n) is 12.1. The average molecular weight is 275 g/mol. The van der Waals surface area contributed by atoms with Crippen molar-refractivity contribution in [3.63, 3.8) is 0 Å². The van der Waals surface area contributed by atoms with E-state index in [4.69, 9.17) is 10.6 Å². The van der Waals surface area contributed by atoms with Crippen LogP contribution < -0.4 is 11.3 Å². The van der Waals surface area contributed by atoms with Crippen LogP contribution in [0, 0.1) is 5.92 Å². The largest absolute Gasteiger partial charge is 0.375 e. The summed E-state index contributed by atoms with van der Waals surface area (Å²) >= 11 is 0. The minimum Gasteiger partial charge on any atom is -0.375 e. The van der Waals surface area contributed by atoms with Gasteiger partial charge in [0.2, 0.25) is 0 Å². The van der Waals surface area contributed by atoms with Crippen LogP contribution in [0.4, 0.5) is 0 Å². The van der Waals surface area contributed by atoms with Gasteiger partial charge in [0.05, 0.1) is 5.60 Å². The molecule has 3 N–H and O–H groups in total. The van der Waals surface area contributed by atoms with Gasteiger partial charge >= 0.3 is 0 Å². The van der Waals surface area contributed by atoms with E-state index in [-0.39, 0.29) is 5.60 Å². The van der Waals surface area contributed by atoms with Crippen molar-refractivity contribution in [1.29, 1.82) is 0 Å². The number of nitrogens with zero attached hydrogens (tertiary/aromatic N) is 1. The van der Waals surface area contributed by atoms with Crippen LogP contribution in [0.15, 0.2) is 24.4 Å². The number of hydrazine groups is 1. The van der Waals surface area contributed by atoms with E-state index in [1.807, 2.05) is 18.3 Å². The van der Waals surface area contributed by atoms with Crippen LogP contribution in [-0.4, -0.2) is 23.2 Å². The Balaban J connectivity index is 1.66. The highest BCUT2D eigenvalue weighted by Gasteiger charge is 2.41. The van der Waals surface area contributed by atoms with Gasteiger partial charge in [0.1, 0.15) is 0 Å². The van der Waals surface area contributed by atoms with E-state index in [9.17, 15) is 0 Å². The fourth-order valence-electron chi connectivity index (χ4n) is 3.88. The fraction of sp³-hybridized carbons (Fsp3) is 0.688. The lowest BCUT2D eigenvalue weighted by Crippen LogP contribution is -2.48. The van der Waals surface area contributed by atoms with Crippen LogP contribution in [0.3, 0.4) is 0 Å². The van der Waals surface area contributed by atoms with Crippen molar-refractivity contribution in [3.8, 4) is 0 Å². The molecule has 1 spiro atoms. The molecule has 1 aliphatic carbocycles. The van der Waals surface area contributed by atoms with Crippen molar-refractivity contribution in [2.75, 3.05) is 6.61 Å². The number of ether oxygens (including phenoxy) is 1. The molecular weight excluding hydrogens is 250 g/mol. The Hall–Kier alpha value is -0.970. The SMILES string of the molecule is NNC(Cc1ccccn1)C1CCOC2(CCCC2)C1. The first kappa shape index (κ1) is 14.0. The number of hydrogen-bond acceptors (Lipinski definition) is 4. The molecule has 110 valence electrons. The first-order valence-electron chi connectivity index (χ1n) is 7.81. The molecule has 20 heavy (non-hydrogen) atoms. The fourth-order valence-corrected chi connectivity index (χ4v) is 3.88. The third-order valence-electron chi connectivity index (χ3n) is 4.98. The molecule has 2 aliphatic rings. The van der Waals surface area contributed by atoms with E-state index in [1.54, 1.807) is 0 Å². The molecule has 1 saturated heterocycles. The summed E-state index contributed by atoms with van der Waals surface area (Å²) in [6, 6.07) is 6.37. The number of rotatable bonds is 4. The summed E-state index contributed by atoms with van der Waals surface area (Å²) in [4.78, 5) is 4.42. The Morgan fingerprint density at radius 2 is 2.25 bits per heavy atom. The summed E-state index contributed by atoms with van der Waals surface area (Å²) in [6.45, 7) is 0.880. The van der Waals surface area contributed by atoms with Crippen LogP contribution in [-0.2, 0) is 11.2 Å². The molecule has 1 aromatic heterocycles. The zero-order chi connectivity index (χ0) is 13.8. The van der Waals surface area contributed by atoms with Crippen molar-refractivity contribution in [3.05, 3.63) is 30.1 Å². The molecule has 0 bridgehead atoms. The first-order valence-corrected chi connectivity index (χ1v) is 7.81. The smallest absolute Gasteiger partial charge is 0.0685 e. The zero-order valence-corrected chi connectivity index (χ0v) is 12.1. The molecule has 2 unspecified atom stereocenters. The summed E-state index contributed by atoms with van der Waals surface area (Å²) in [5.41, 5.74) is 4.30. The van der Waals surface area contributed by atoms with E-state index in [0.29, 0.717) is 12.0 Å². The summed E-state index contributed by atoms with van der Waals surface area (Å²) in [7, 11) is 0. The maximum atomic E-state index is 6.12. The Kier molecular flexibility index (Phi) is 4.34. The molecule has 2 atom stereocenters. The van der Waals surface area contributed by atoms with Gasteiger partial charge in [0.15, 0.2) is 0 Å². The van der Waals surface area contributed by atoms with Gasteiger partial charge in [-0.2, -0.15) is 0 Å². The Bertz CT molecular complexity index is 417. The molecule has 1 saturated carbocycles. The Morgan fingerprint density at radius 3 is 2.95 bits per heavy atom. The second-order valence-electron chi connectivity index (χ2n) is 6.29. The third-order valence-corrected chi connectivity index (χ3v) is 4.98. The summed E-state index contributed by atoms with van der Waals surface area (Å²) in [6.07, 6.45) is 10.1. The second-order valence-corrected chi connectivity index (χ2v) is 6.29. The molecular formula is C16H25N3O. The lowest BCUT2D eigenvalue weighted by molar-refractivity contribution is -0.0979. The van der Waals surface area contributed by atoms with Crippen LogP contribution in [0.25, 0.3) is 0 Å². The minimum atomic E-state index is 0.155. The predicted octanol–water partition coefficient (Wildman–Crippen LogP) is 2.20. The summed E-state index contributed by atoms with van der Waals surface area (Å²) in [5, 5.41) is 0. The molecule has 0 amide bonds. The molecule has 2 fully saturated rings. The van der Waals surface area contributed by atoms with Crippen molar-refractivity contribution in [2.45, 2.75) is 56.6 Å². The lowest BCUT2D eigenvalue weighted by atomic mass is 9.79. The van der Waals surface area contributed by atoms with Gasteiger partial charge in [-0.25, -0.2) is 0 Å². The molecule has 1 aromatic rings. The van der Waals surface area contributed by atoms with Crippen molar-refractivity contribution < 1.29 is 4.74 Å². The van der Waals surface area contributed by atoms with Crippen LogP contribution in [0.5, 0.6) is 0 Å². The van der Waals surface area contributed by atoms with Crippen LogP contribution in [0.2, 0.25) is 0 Å². The highest BCUT2D eigenvalue weighted by Crippen LogP contribution is 2.43. The molecule has 4 nitrogen and oxygen atoms in total. The van der Waals surface area contributed by atoms with E-state index in [1.165, 1.54) is 25.7 Å². The van der Waals surface area contributed by atoms with E-state index in [2.05, 4.69) is 16.5 Å². The number of hydrogen-bond donors (Lipinski definition) is 2. The van der Waals surface area contributed by atoms with Gasteiger partial charge in [-0.05, 0) is 43.7 Å². The molecule has 3 rings (SSSR count). The molecule has 0 radical (unpaired) electrons. The Labute approximate surface area is 121 Å². The van der Waals surface area contributed by atoms with E-state index < -0.39 is 0 Å². The standard InChI is InChI=1S/C16H25N3O/c17-19-15(11-14-5-1-4-9-18-14)13-6-10-20-16(12-13)7-2-3-8-16/h1,4-5,9,13,15,19H,2-3,6-8,10-12,17H2. The average Bonchev–Trinajstić information content (AvgIpc) is 2.93. The first-order chi connectivity index (χ1) is 9.81. The maximum Gasteiger partial charge on any atom is 0.0685 e. The second kappa shape index (κ2) is 6.20. The number of nitrogens with one attached hydrogen (secondary N) is 1. The number of pyridine rings is 1. The Morgan fingerprint density at radius 1 is 1.40 bits per heavy atom. The van der Waals surface area contributed by atoms with E-state index in [0.717, 1.165) is 31.6 Å². The van der Waals surface area contributed by atoms with Gasteiger partial charge in [-0.1, -0.05) is 18.9 Å². The van der Waals surface area contributed by atoms with Gasteiger partial charge in [-0.15, -0.1) is 0 Å². The van der Waals surface area contributed by atoms with E-state index >= 15 is 0 Å². The highest BCUT2D eigenvalue weighted by atomic mass is 16.5. The quantitative estimate of drug-likeness (QED) is 0.653. The topological polar surface area (TPSA) is 60.2 Å². The normalized spacial score (nSPS) is 26.8. The third kappa shape index (κ3) is 3.03. The van der Waals surface area contributed by atoms with Crippen LogP contribution in [0.1, 0.15) is 44.2 Å². The molecule has 1 aliphatic heterocycles. The molecule has 4 heteroatoms. The van der Waals surface area contributed by atoms with Gasteiger partial charge in [0.25, 0.3) is 0 Å². The molecule has 0 aromatic carbocycles. The summed E-state index contributed by atoms with van der Waals surface area (Å²) in [5.74, 6) is 6.41. The summed E-state index contributed by atoms with van der Waals surface area (Å²) < 4.78 is 6.12. The van der Waals surface area contributed by atoms with Gasteiger partial charge < -0.3 is 4.74 Å². The highest BCUT2D eigenvalue weighted by molar-refractivity contribution is 5.06. The maximum absolute atomic E-state index is 6.12. The predicted molar refractivity (Wildman–Crippen MR) is 78.9 cm³/mol. The minimum absolute atomic E-state index is 0.155. The monoisotopic (exact) mass is 275 g/mol. The van der Waals surface area contributed by atoms with Crippen molar-refractivity contribution in [2.24, 2.45) is 11.8 Å². The lowest BCUT2D eigenvalue weighted by Gasteiger charge is -2.41. The van der Waals surface area contributed by atoms with Gasteiger partial charge in [0, 0.05) is 31.0 Å². The van der Waals surface area contributed by atoms with Crippen molar-refractivity contribution >= 4 is 0 Å². The number of nitrogens with two attached hydrogens (primary N) is 1. The molecule has 2 heterocycles. The van der Waals surface area contributed by atoms with Crippen molar-refractivity contribution in [1.82, 2.24) is 10.4 Å². The van der Waals surface area contributed by atoms with Gasteiger partial charge in [-0.3, -0.25) is 16.3 Å².